The summed E-state index contributed by atoms with van der Waals surface area (Å²) in [7, 11) is 0. The Morgan fingerprint density at radius 1 is 1.27 bits per heavy atom. The Labute approximate surface area is 135 Å². The summed E-state index contributed by atoms with van der Waals surface area (Å²) in [5, 5.41) is 4.06. The van der Waals surface area contributed by atoms with E-state index in [4.69, 9.17) is 15.0 Å². The first-order chi connectivity index (χ1) is 10.2. The lowest BCUT2D eigenvalue weighted by Gasteiger charge is -2.34. The van der Waals surface area contributed by atoms with Crippen molar-refractivity contribution in [3.63, 3.8) is 0 Å². The molecule has 0 saturated heterocycles. The number of rotatable bonds is 3. The normalized spacial score (nSPS) is 22.3. The zero-order chi connectivity index (χ0) is 14.3. The lowest BCUT2D eigenvalue weighted by Crippen LogP contribution is -2.44. The molecule has 118 valence electrons. The number of aromatic nitrogens is 2. The molecule has 1 fully saturated rings. The fraction of sp³-hybridized carbons (Fsp3) is 0.500. The molecule has 2 heterocycles. The molecular weight excluding hydrogens is 302 g/mol. The minimum Gasteiger partial charge on any atom is -0.373 e. The molecule has 0 bridgehead atoms. The van der Waals surface area contributed by atoms with Crippen LogP contribution in [-0.4, -0.2) is 16.7 Å². The number of benzene rings is 1. The first kappa shape index (κ1) is 15.5. The van der Waals surface area contributed by atoms with Crippen LogP contribution >= 0.6 is 12.4 Å². The van der Waals surface area contributed by atoms with E-state index in [2.05, 4.69) is 28.3 Å². The molecule has 1 unspecified atom stereocenters. The van der Waals surface area contributed by atoms with E-state index < -0.39 is 0 Å². The highest BCUT2D eigenvalue weighted by Gasteiger charge is 2.39. The summed E-state index contributed by atoms with van der Waals surface area (Å²) in [6.45, 7) is 0.740. The topological polar surface area (TPSA) is 74.2 Å². The molecule has 1 atom stereocenters. The zero-order valence-electron chi connectivity index (χ0n) is 12.3. The van der Waals surface area contributed by atoms with Crippen molar-refractivity contribution in [1.82, 2.24) is 10.1 Å². The van der Waals surface area contributed by atoms with Crippen LogP contribution in [0.4, 0.5) is 0 Å². The van der Waals surface area contributed by atoms with Gasteiger partial charge >= 0.3 is 0 Å². The molecule has 4 rings (SSSR count). The number of hydrogen-bond acceptors (Lipinski definition) is 5. The molecule has 22 heavy (non-hydrogen) atoms. The highest BCUT2D eigenvalue weighted by Crippen LogP contribution is 2.37. The average Bonchev–Trinajstić information content (AvgIpc) is 2.94. The number of hydrogen-bond donors (Lipinski definition) is 1. The maximum atomic E-state index is 6.23. The molecule has 2 aliphatic rings. The Hall–Kier alpha value is -1.43. The van der Waals surface area contributed by atoms with Crippen molar-refractivity contribution < 1.29 is 9.26 Å². The summed E-state index contributed by atoms with van der Waals surface area (Å²) in [6.07, 6.45) is 4.59. The van der Waals surface area contributed by atoms with Gasteiger partial charge in [-0.25, -0.2) is 0 Å². The zero-order valence-corrected chi connectivity index (χ0v) is 13.1. The van der Waals surface area contributed by atoms with E-state index in [1.54, 1.807) is 0 Å². The Kier molecular flexibility index (Phi) is 4.21. The molecule has 1 aliphatic carbocycles. The van der Waals surface area contributed by atoms with Gasteiger partial charge in [0.15, 0.2) is 5.82 Å². The third kappa shape index (κ3) is 2.64. The van der Waals surface area contributed by atoms with Crippen molar-refractivity contribution in [3.8, 4) is 0 Å². The van der Waals surface area contributed by atoms with Gasteiger partial charge in [-0.2, -0.15) is 4.98 Å². The van der Waals surface area contributed by atoms with Crippen LogP contribution in [0.3, 0.4) is 0 Å². The standard InChI is InChI=1S/C16H19N3O2.ClH/c17-16(7-3-8-16)15-18-14(21-19-15)10-13-12-5-2-1-4-11(12)6-9-20-13;/h1-2,4-5,13H,3,6-10,17H2;1H. The van der Waals surface area contributed by atoms with E-state index in [0.717, 1.165) is 32.3 Å². The van der Waals surface area contributed by atoms with Gasteiger partial charge in [-0.05, 0) is 36.8 Å². The van der Waals surface area contributed by atoms with Gasteiger partial charge in [-0.3, -0.25) is 0 Å². The lowest BCUT2D eigenvalue weighted by atomic mass is 9.77. The summed E-state index contributed by atoms with van der Waals surface area (Å²) >= 11 is 0. The fourth-order valence-corrected chi connectivity index (χ4v) is 3.13. The van der Waals surface area contributed by atoms with Crippen LogP contribution in [0.1, 0.15) is 48.2 Å². The van der Waals surface area contributed by atoms with Crippen molar-refractivity contribution in [3.05, 3.63) is 47.1 Å². The van der Waals surface area contributed by atoms with E-state index in [1.807, 2.05) is 6.07 Å². The van der Waals surface area contributed by atoms with Gasteiger partial charge in [0.25, 0.3) is 0 Å². The van der Waals surface area contributed by atoms with Crippen molar-refractivity contribution in [2.45, 2.75) is 43.7 Å². The SMILES string of the molecule is Cl.NC1(c2noc(CC3OCCc4ccccc43)n2)CCC1. The molecule has 0 amide bonds. The van der Waals surface area contributed by atoms with Crippen LogP contribution in [0.25, 0.3) is 0 Å². The molecule has 6 heteroatoms. The molecule has 1 saturated carbocycles. The van der Waals surface area contributed by atoms with Crippen LogP contribution in [0.2, 0.25) is 0 Å². The summed E-state index contributed by atoms with van der Waals surface area (Å²) in [5.41, 5.74) is 8.44. The maximum absolute atomic E-state index is 6.23. The molecule has 1 aliphatic heterocycles. The molecule has 2 N–H and O–H groups in total. The van der Waals surface area contributed by atoms with Crippen molar-refractivity contribution in [2.75, 3.05) is 6.61 Å². The maximum Gasteiger partial charge on any atom is 0.229 e. The minimum atomic E-state index is -0.368. The van der Waals surface area contributed by atoms with E-state index >= 15 is 0 Å². The van der Waals surface area contributed by atoms with Gasteiger partial charge in [-0.15, -0.1) is 12.4 Å². The quantitative estimate of drug-likeness (QED) is 0.940. The van der Waals surface area contributed by atoms with Gasteiger partial charge in [-0.1, -0.05) is 29.4 Å². The van der Waals surface area contributed by atoms with Gasteiger partial charge in [0.05, 0.1) is 24.7 Å². The number of fused-ring (bicyclic) bond motifs is 1. The van der Waals surface area contributed by atoms with Crippen molar-refractivity contribution in [1.29, 1.82) is 0 Å². The first-order valence-corrected chi connectivity index (χ1v) is 7.56. The van der Waals surface area contributed by atoms with E-state index in [9.17, 15) is 0 Å². The van der Waals surface area contributed by atoms with Crippen LogP contribution in [-0.2, 0) is 23.1 Å². The minimum absolute atomic E-state index is 0. The molecular formula is C16H20ClN3O2. The summed E-state index contributed by atoms with van der Waals surface area (Å²) < 4.78 is 11.3. The Morgan fingerprint density at radius 3 is 2.86 bits per heavy atom. The first-order valence-electron chi connectivity index (χ1n) is 7.56. The summed E-state index contributed by atoms with van der Waals surface area (Å²) in [5.74, 6) is 1.26. The largest absolute Gasteiger partial charge is 0.373 e. The second-order valence-electron chi connectivity index (χ2n) is 6.03. The molecule has 0 radical (unpaired) electrons. The summed E-state index contributed by atoms with van der Waals surface area (Å²) in [4.78, 5) is 4.49. The van der Waals surface area contributed by atoms with Crippen LogP contribution in [0.15, 0.2) is 28.8 Å². The third-order valence-electron chi connectivity index (χ3n) is 4.61. The number of nitrogens with zero attached hydrogens (tertiary/aromatic N) is 2. The van der Waals surface area contributed by atoms with Crippen molar-refractivity contribution in [2.24, 2.45) is 5.73 Å². The lowest BCUT2D eigenvalue weighted by molar-refractivity contribution is 0.0375. The van der Waals surface area contributed by atoms with E-state index in [0.29, 0.717) is 18.1 Å². The fourth-order valence-electron chi connectivity index (χ4n) is 3.13. The molecule has 0 spiro atoms. The number of ether oxygens (including phenoxy) is 1. The monoisotopic (exact) mass is 321 g/mol. The summed E-state index contributed by atoms with van der Waals surface area (Å²) in [6, 6.07) is 8.39. The highest BCUT2D eigenvalue weighted by atomic mass is 35.5. The second-order valence-corrected chi connectivity index (χ2v) is 6.03. The molecule has 1 aromatic carbocycles. The van der Waals surface area contributed by atoms with Crippen molar-refractivity contribution >= 4 is 12.4 Å². The second kappa shape index (κ2) is 5.99. The average molecular weight is 322 g/mol. The van der Waals surface area contributed by atoms with Gasteiger partial charge in [0, 0.05) is 0 Å². The highest BCUT2D eigenvalue weighted by molar-refractivity contribution is 5.85. The third-order valence-corrected chi connectivity index (χ3v) is 4.61. The van der Waals surface area contributed by atoms with Crippen LogP contribution < -0.4 is 5.73 Å². The molecule has 2 aromatic rings. The Bertz CT molecular complexity index is 654. The number of nitrogens with two attached hydrogens (primary N) is 1. The van der Waals surface area contributed by atoms with Gasteiger partial charge in [0.2, 0.25) is 5.89 Å². The Morgan fingerprint density at radius 2 is 2.09 bits per heavy atom. The molecule has 1 aromatic heterocycles. The van der Waals surface area contributed by atoms with Gasteiger partial charge < -0.3 is 15.0 Å². The number of halogens is 1. The van der Waals surface area contributed by atoms with Crippen LogP contribution in [0, 0.1) is 0 Å². The smallest absolute Gasteiger partial charge is 0.229 e. The van der Waals surface area contributed by atoms with Gasteiger partial charge in [0.1, 0.15) is 0 Å². The Balaban J connectivity index is 0.00000144. The predicted molar refractivity (Wildman–Crippen MR) is 83.8 cm³/mol. The van der Waals surface area contributed by atoms with E-state index in [1.165, 1.54) is 11.1 Å². The van der Waals surface area contributed by atoms with Crippen LogP contribution in [0.5, 0.6) is 0 Å². The molecule has 5 nitrogen and oxygen atoms in total. The predicted octanol–water partition coefficient (Wildman–Crippen LogP) is 2.69. The van der Waals surface area contributed by atoms with E-state index in [-0.39, 0.29) is 24.0 Å².